The molecule has 0 aliphatic carbocycles. The summed E-state index contributed by atoms with van der Waals surface area (Å²) in [5, 5.41) is 14.8. The van der Waals surface area contributed by atoms with Gasteiger partial charge in [0, 0.05) is 41.5 Å². The van der Waals surface area contributed by atoms with E-state index in [4.69, 9.17) is 84.6 Å². The van der Waals surface area contributed by atoms with Crippen LogP contribution in [0.2, 0.25) is 10.1 Å². The Morgan fingerprint density at radius 1 is 0.294 bits per heavy atom. The highest BCUT2D eigenvalue weighted by Gasteiger charge is 2.63. The van der Waals surface area contributed by atoms with E-state index in [0.29, 0.717) is 0 Å². The average Bonchev–Trinajstić information content (AvgIpc) is 0.743. The molecule has 28 nitrogen and oxygen atoms in total. The summed E-state index contributed by atoms with van der Waals surface area (Å²) in [6, 6.07) is 61.1. The van der Waals surface area contributed by atoms with Crippen molar-refractivity contribution in [1.29, 1.82) is 0 Å². The fourth-order valence-electron chi connectivity index (χ4n) is 15.9. The molecule has 0 amide bonds. The lowest BCUT2D eigenvalue weighted by molar-refractivity contribution is -0.387. The van der Waals surface area contributed by atoms with Gasteiger partial charge in [0.1, 0.15) is 24.4 Å². The first-order valence-electron chi connectivity index (χ1n) is 39.3. The highest BCUT2D eigenvalue weighted by molar-refractivity contribution is 7.00. The molecule has 7 aromatic carbocycles. The van der Waals surface area contributed by atoms with Crippen molar-refractivity contribution in [1.82, 2.24) is 0 Å². The lowest BCUT2D eigenvalue weighted by atomic mass is 9.95. The van der Waals surface area contributed by atoms with Gasteiger partial charge in [0.05, 0.1) is 42.1 Å². The number of benzene rings is 7. The molecule has 4 heterocycles. The van der Waals surface area contributed by atoms with E-state index in [2.05, 4.69) is 0 Å². The van der Waals surface area contributed by atoms with E-state index in [1.807, 2.05) is 163 Å². The summed E-state index contributed by atoms with van der Waals surface area (Å²) < 4.78 is 121. The first-order valence-corrected chi connectivity index (χ1v) is 43.1. The van der Waals surface area contributed by atoms with Crippen molar-refractivity contribution in [2.45, 2.75) is 230 Å². The first kappa shape index (κ1) is 89.6. The zero-order valence-electron chi connectivity index (χ0n) is 68.6. The Bertz CT molecular complexity index is 4500. The highest BCUT2D eigenvalue weighted by Crippen LogP contribution is 2.44. The van der Waals surface area contributed by atoms with E-state index in [9.17, 15) is 33.9 Å². The number of aliphatic hydroxyl groups excluding tert-OH is 1. The molecule has 0 unspecified atom stereocenters. The van der Waals surface area contributed by atoms with Crippen molar-refractivity contribution in [3.05, 3.63) is 229 Å². The SMILES string of the molecule is CC(=O)O[C@@H]1[C@@H](OC(C)=O)[C@H](C)O[C@@H](O[C@@H]2[C@@H](OC(=O)c3ccccc3)[C@H](O[C@@H]3O[C@H](CO[Si](c4ccccc4)(c4ccccc4)C(C)(C)C)[C@@H](O[C@@H]4O[C@@H](C)[C@H](OC(C)=O)[C@@H](OC(C)=O)[C@H]4OC(C)=O)[C@H](OC(=O)c4ccccc4)[C@H]3OC(=O)c3ccccc3)[C@@H](CO[Si](c3ccccc3)(c3ccccc3)C(C)(C)C)O[C@H]2O)[C@@H]1OC(C)=O. The predicted octanol–water partition coefficient (Wildman–Crippen LogP) is 8.49. The fourth-order valence-corrected chi connectivity index (χ4v) is 25.0. The van der Waals surface area contributed by atoms with E-state index in [-0.39, 0.29) is 16.7 Å². The summed E-state index contributed by atoms with van der Waals surface area (Å²) in [6.07, 6.45) is -36.7. The zero-order chi connectivity index (χ0) is 85.7. The third kappa shape index (κ3) is 21.0. The second-order valence-electron chi connectivity index (χ2n) is 31.4. The van der Waals surface area contributed by atoms with Crippen LogP contribution in [0.5, 0.6) is 0 Å². The number of hydrogen-bond acceptors (Lipinski definition) is 28. The number of hydrogen-bond donors (Lipinski definition) is 1. The third-order valence-corrected chi connectivity index (χ3v) is 30.9. The monoisotopic (exact) mass is 1670 g/mol. The fraction of sp³-hybridized carbons (Fsp3) is 0.427. The molecular formula is C89H102O28Si2. The molecule has 4 saturated heterocycles. The van der Waals surface area contributed by atoms with Gasteiger partial charge in [0.25, 0.3) is 16.6 Å². The van der Waals surface area contributed by atoms with Gasteiger partial charge < -0.3 is 89.7 Å². The molecule has 0 bridgehead atoms. The maximum absolute atomic E-state index is 15.7. The van der Waals surface area contributed by atoms with E-state index in [1.165, 1.54) is 50.2 Å². The van der Waals surface area contributed by atoms with E-state index >= 15 is 14.4 Å². The smallest absolute Gasteiger partial charge is 0.338 e. The summed E-state index contributed by atoms with van der Waals surface area (Å²) in [5.41, 5.74) is -0.165. The Balaban J connectivity index is 1.19. The molecule has 0 spiro atoms. The number of rotatable bonds is 28. The van der Waals surface area contributed by atoms with Gasteiger partial charge in [-0.1, -0.05) is 217 Å². The molecule has 0 radical (unpaired) electrons. The Morgan fingerprint density at radius 3 is 0.815 bits per heavy atom. The van der Waals surface area contributed by atoms with Gasteiger partial charge in [-0.2, -0.15) is 0 Å². The van der Waals surface area contributed by atoms with Crippen molar-refractivity contribution in [3.8, 4) is 0 Å². The molecule has 30 heteroatoms. The number of esters is 9. The Labute approximate surface area is 692 Å². The van der Waals surface area contributed by atoms with Crippen LogP contribution < -0.4 is 20.7 Å². The molecule has 11 rings (SSSR count). The minimum absolute atomic E-state index is 0.0487. The highest BCUT2D eigenvalue weighted by atomic mass is 28.4. The number of ether oxygens (including phenoxy) is 16. The van der Waals surface area contributed by atoms with Crippen LogP contribution in [0.4, 0.5) is 0 Å². The van der Waals surface area contributed by atoms with Crippen molar-refractivity contribution < 1.29 is 133 Å². The van der Waals surface area contributed by atoms with Crippen molar-refractivity contribution >= 4 is 91.1 Å². The maximum Gasteiger partial charge on any atom is 0.338 e. The van der Waals surface area contributed by atoms with Gasteiger partial charge in [-0.25, -0.2) is 14.4 Å². The second-order valence-corrected chi connectivity index (χ2v) is 40.0. The van der Waals surface area contributed by atoms with E-state index in [0.717, 1.165) is 62.3 Å². The van der Waals surface area contributed by atoms with Gasteiger partial charge in [0.15, 0.2) is 86.2 Å². The molecule has 1 N–H and O–H groups in total. The molecule has 20 atom stereocenters. The number of aliphatic hydroxyl groups is 1. The lowest BCUT2D eigenvalue weighted by Crippen LogP contribution is -2.71. The van der Waals surface area contributed by atoms with Gasteiger partial charge in [-0.15, -0.1) is 0 Å². The molecule has 4 aliphatic rings. The standard InChI is InChI=1S/C89H102O28Si2/c1-52-69(104-54(3)90)73(106-56(5)92)78(108-58(7)94)85(102-52)115-72-68(51-101-119(89(12,13)14,65-46-32-20-33-47-65)66-48-34-21-35-49-66)111-87(80(114-83(98)62-40-26-17-27-41-62)76(72)113-82(97)61-38-24-16-25-39-61)116-71-67(50-100-118(88(9,10)11,63-42-28-18-29-43-63)64-44-30-19-31-45-64)110-84(99)77(75(71)112-81(96)60-36-22-15-23-37-60)117-86-79(109-59(8)95)74(107-57(6)93)70(53(2)103-86)105-55(4)91/h15-49,52-53,67-80,84-87,99H,50-51H2,1-14H3/t52-,53-,67+,68+,69-,70-,71+,72+,73+,74+,75-,76-,77+,78+,79+,80+,84+,85-,86-,87-/m0/s1. The summed E-state index contributed by atoms with van der Waals surface area (Å²) in [6.45, 7) is 20.4. The van der Waals surface area contributed by atoms with Gasteiger partial charge in [-0.05, 0) is 81.1 Å². The predicted molar refractivity (Wildman–Crippen MR) is 430 cm³/mol. The van der Waals surface area contributed by atoms with Crippen LogP contribution in [-0.4, -0.2) is 212 Å². The van der Waals surface area contributed by atoms with Gasteiger partial charge in [-0.3, -0.25) is 28.8 Å². The molecule has 0 saturated carbocycles. The number of carbonyl (C=O) groups excluding carboxylic acids is 9. The summed E-state index contributed by atoms with van der Waals surface area (Å²) in [7, 11) is -7.62. The normalized spacial score (nSPS) is 27.2. The lowest BCUT2D eigenvalue weighted by Gasteiger charge is -2.52. The largest absolute Gasteiger partial charge is 0.456 e. The van der Waals surface area contributed by atoms with E-state index in [1.54, 1.807) is 54.6 Å². The number of carbonyl (C=O) groups is 9. The van der Waals surface area contributed by atoms with Crippen LogP contribution in [0.1, 0.15) is 128 Å². The third-order valence-electron chi connectivity index (χ3n) is 20.9. The Kier molecular flexibility index (Phi) is 29.6. The molecule has 634 valence electrons. The van der Waals surface area contributed by atoms with Gasteiger partial charge in [0.2, 0.25) is 0 Å². The van der Waals surface area contributed by atoms with Crippen LogP contribution in [0.15, 0.2) is 212 Å². The van der Waals surface area contributed by atoms with Crippen molar-refractivity contribution in [3.63, 3.8) is 0 Å². The van der Waals surface area contributed by atoms with Crippen LogP contribution in [0.3, 0.4) is 0 Å². The maximum atomic E-state index is 15.7. The van der Waals surface area contributed by atoms with Crippen molar-refractivity contribution in [2.75, 3.05) is 13.2 Å². The topological polar surface area (TPSA) is 340 Å². The summed E-state index contributed by atoms with van der Waals surface area (Å²) in [4.78, 5) is 127. The summed E-state index contributed by atoms with van der Waals surface area (Å²) >= 11 is 0. The molecule has 4 aliphatic heterocycles. The average molecular weight is 1680 g/mol. The zero-order valence-corrected chi connectivity index (χ0v) is 70.6. The quantitative estimate of drug-likeness (QED) is 0.0273. The van der Waals surface area contributed by atoms with Crippen LogP contribution >= 0.6 is 0 Å². The van der Waals surface area contributed by atoms with Crippen molar-refractivity contribution in [2.24, 2.45) is 0 Å². The molecule has 0 aromatic heterocycles. The van der Waals surface area contributed by atoms with Crippen LogP contribution in [-0.2, 0) is 113 Å². The van der Waals surface area contributed by atoms with Crippen LogP contribution in [0.25, 0.3) is 0 Å². The second kappa shape index (κ2) is 39.3. The van der Waals surface area contributed by atoms with Gasteiger partial charge >= 0.3 is 53.7 Å². The Hall–Kier alpha value is -10.2. The minimum Gasteiger partial charge on any atom is -0.456 e. The molecule has 119 heavy (non-hydrogen) atoms. The summed E-state index contributed by atoms with van der Waals surface area (Å²) in [5.74, 6) is -8.63. The first-order chi connectivity index (χ1) is 56.7. The minimum atomic E-state index is -3.84. The van der Waals surface area contributed by atoms with Crippen LogP contribution in [0, 0.1) is 0 Å². The molecule has 7 aromatic rings. The van der Waals surface area contributed by atoms with E-state index < -0.39 is 216 Å². The molecule has 4 fully saturated rings. The molecular weight excluding hydrogens is 1570 g/mol. The Morgan fingerprint density at radius 2 is 0.521 bits per heavy atom.